The van der Waals surface area contributed by atoms with Crippen molar-refractivity contribution in [1.29, 1.82) is 0 Å². The lowest BCUT2D eigenvalue weighted by molar-refractivity contribution is -0.143. The molecule has 0 bridgehead atoms. The Morgan fingerprint density at radius 2 is 1.92 bits per heavy atom. The molecule has 2 N–H and O–H groups in total. The van der Waals surface area contributed by atoms with E-state index < -0.39 is 11.9 Å². The van der Waals surface area contributed by atoms with Crippen molar-refractivity contribution < 1.29 is 14.7 Å². The fraction of sp³-hybridized carbons (Fsp3) is 0.368. The average molecular weight is 324 g/mol. The zero-order valence-corrected chi connectivity index (χ0v) is 13.4. The summed E-state index contributed by atoms with van der Waals surface area (Å²) in [5.74, 6) is -1.28. The normalized spacial score (nSPS) is 19.5. The van der Waals surface area contributed by atoms with Crippen LogP contribution in [0.4, 0.5) is 10.5 Å². The molecule has 5 heteroatoms. The number of hydrogen-bond donors (Lipinski definition) is 2. The van der Waals surface area contributed by atoms with Crippen molar-refractivity contribution in [2.45, 2.75) is 25.7 Å². The Labute approximate surface area is 140 Å². The second-order valence-electron chi connectivity index (χ2n) is 6.67. The van der Waals surface area contributed by atoms with Gasteiger partial charge in [-0.3, -0.25) is 4.79 Å². The number of benzene rings is 2. The van der Waals surface area contributed by atoms with E-state index in [2.05, 4.69) is 17.4 Å². The van der Waals surface area contributed by atoms with Gasteiger partial charge in [-0.1, -0.05) is 24.3 Å². The van der Waals surface area contributed by atoms with Crippen LogP contribution in [0, 0.1) is 5.92 Å². The second-order valence-corrected chi connectivity index (χ2v) is 6.67. The van der Waals surface area contributed by atoms with Gasteiger partial charge in [-0.25, -0.2) is 4.79 Å². The number of carboxylic acids is 1. The standard InChI is InChI=1S/C19H20N2O3/c22-18(23)14-4-2-10-21(11-14)19(24)20-16-9-8-13-7-6-12-3-1-5-15(16)17(12)13/h1,3,5,8-9,14H,2,4,6-7,10-11H2,(H,20,24)(H,22,23). The van der Waals surface area contributed by atoms with E-state index in [0.717, 1.165) is 30.3 Å². The molecular weight excluding hydrogens is 304 g/mol. The van der Waals surface area contributed by atoms with Crippen LogP contribution >= 0.6 is 0 Å². The van der Waals surface area contributed by atoms with E-state index in [9.17, 15) is 14.7 Å². The van der Waals surface area contributed by atoms with Crippen molar-refractivity contribution in [1.82, 2.24) is 4.90 Å². The van der Waals surface area contributed by atoms with Gasteiger partial charge in [0, 0.05) is 18.5 Å². The SMILES string of the molecule is O=C(O)C1CCCN(C(=O)Nc2ccc3c4c(cccc24)CC3)C1. The van der Waals surface area contributed by atoms with Crippen molar-refractivity contribution in [2.75, 3.05) is 18.4 Å². The highest BCUT2D eigenvalue weighted by Gasteiger charge is 2.28. The summed E-state index contributed by atoms with van der Waals surface area (Å²) in [5.41, 5.74) is 3.48. The number of nitrogens with one attached hydrogen (secondary N) is 1. The van der Waals surface area contributed by atoms with Gasteiger partial charge in [0.25, 0.3) is 0 Å². The first kappa shape index (κ1) is 15.0. The maximum absolute atomic E-state index is 12.6. The van der Waals surface area contributed by atoms with Crippen LogP contribution in [0.2, 0.25) is 0 Å². The molecule has 1 atom stereocenters. The number of rotatable bonds is 2. The van der Waals surface area contributed by atoms with Gasteiger partial charge in [-0.05, 0) is 48.3 Å². The van der Waals surface area contributed by atoms with Gasteiger partial charge in [0.1, 0.15) is 0 Å². The molecule has 124 valence electrons. The molecule has 2 aromatic carbocycles. The smallest absolute Gasteiger partial charge is 0.321 e. The van der Waals surface area contributed by atoms with E-state index in [1.54, 1.807) is 4.90 Å². The molecule has 1 saturated heterocycles. The molecule has 1 unspecified atom stereocenters. The molecule has 0 spiro atoms. The number of anilines is 1. The van der Waals surface area contributed by atoms with Gasteiger partial charge in [-0.2, -0.15) is 0 Å². The van der Waals surface area contributed by atoms with Crippen LogP contribution in [0.5, 0.6) is 0 Å². The van der Waals surface area contributed by atoms with Crippen molar-refractivity contribution in [3.8, 4) is 0 Å². The van der Waals surface area contributed by atoms with Crippen LogP contribution in [-0.4, -0.2) is 35.1 Å². The Hall–Kier alpha value is -2.56. The summed E-state index contributed by atoms with van der Waals surface area (Å²) in [6.07, 6.45) is 3.47. The van der Waals surface area contributed by atoms with Crippen LogP contribution in [0.1, 0.15) is 24.0 Å². The number of amides is 2. The molecule has 1 aliphatic heterocycles. The van der Waals surface area contributed by atoms with Crippen LogP contribution < -0.4 is 5.32 Å². The number of carbonyl (C=O) groups is 2. The van der Waals surface area contributed by atoms with Crippen LogP contribution in [0.3, 0.4) is 0 Å². The van der Waals surface area contributed by atoms with Crippen molar-refractivity contribution >= 4 is 28.5 Å². The van der Waals surface area contributed by atoms with E-state index in [4.69, 9.17) is 0 Å². The molecule has 1 fully saturated rings. The summed E-state index contributed by atoms with van der Waals surface area (Å²) in [4.78, 5) is 25.4. The lowest BCUT2D eigenvalue weighted by Crippen LogP contribution is -2.44. The summed E-state index contributed by atoms with van der Waals surface area (Å²) in [6.45, 7) is 0.888. The highest BCUT2D eigenvalue weighted by atomic mass is 16.4. The van der Waals surface area contributed by atoms with Gasteiger partial charge in [0.05, 0.1) is 11.6 Å². The van der Waals surface area contributed by atoms with E-state index in [-0.39, 0.29) is 12.6 Å². The predicted octanol–water partition coefficient (Wildman–Crippen LogP) is 3.27. The number of aliphatic carboxylic acids is 1. The van der Waals surface area contributed by atoms with Gasteiger partial charge in [0.2, 0.25) is 0 Å². The minimum Gasteiger partial charge on any atom is -0.481 e. The lowest BCUT2D eigenvalue weighted by atomic mass is 9.98. The van der Waals surface area contributed by atoms with Gasteiger partial charge < -0.3 is 15.3 Å². The largest absolute Gasteiger partial charge is 0.481 e. The Morgan fingerprint density at radius 1 is 1.12 bits per heavy atom. The Bertz CT molecular complexity index is 820. The molecule has 1 aliphatic carbocycles. The topological polar surface area (TPSA) is 69.6 Å². The quantitative estimate of drug-likeness (QED) is 0.891. The van der Waals surface area contributed by atoms with E-state index in [0.29, 0.717) is 13.0 Å². The van der Waals surface area contributed by atoms with Crippen LogP contribution in [-0.2, 0) is 17.6 Å². The molecule has 1 heterocycles. The van der Waals surface area contributed by atoms with Gasteiger partial charge in [0.15, 0.2) is 0 Å². The third-order valence-corrected chi connectivity index (χ3v) is 5.18. The van der Waals surface area contributed by atoms with Crippen molar-refractivity contribution in [2.24, 2.45) is 5.92 Å². The molecule has 24 heavy (non-hydrogen) atoms. The number of carboxylic acid groups (broad SMARTS) is 1. The molecule has 2 aromatic rings. The average Bonchev–Trinajstić information content (AvgIpc) is 3.02. The fourth-order valence-electron chi connectivity index (χ4n) is 3.91. The summed E-state index contributed by atoms with van der Waals surface area (Å²) in [7, 11) is 0. The summed E-state index contributed by atoms with van der Waals surface area (Å²) in [6, 6.07) is 10.1. The first-order chi connectivity index (χ1) is 11.6. The Balaban J connectivity index is 1.59. The third kappa shape index (κ3) is 2.50. The molecule has 5 nitrogen and oxygen atoms in total. The van der Waals surface area contributed by atoms with Crippen LogP contribution in [0.15, 0.2) is 30.3 Å². The molecule has 4 rings (SSSR count). The Kier molecular flexibility index (Phi) is 3.63. The molecule has 0 saturated carbocycles. The number of urea groups is 1. The molecule has 2 amide bonds. The molecule has 2 aliphatic rings. The fourth-order valence-corrected chi connectivity index (χ4v) is 3.91. The summed E-state index contributed by atoms with van der Waals surface area (Å²) in [5, 5.41) is 14.5. The summed E-state index contributed by atoms with van der Waals surface area (Å²) >= 11 is 0. The molecule has 0 radical (unpaired) electrons. The van der Waals surface area contributed by atoms with E-state index >= 15 is 0 Å². The van der Waals surface area contributed by atoms with Crippen molar-refractivity contribution in [3.05, 3.63) is 41.5 Å². The molecular formula is C19H20N2O3. The number of likely N-dealkylation sites (tertiary alicyclic amines) is 1. The van der Waals surface area contributed by atoms with Gasteiger partial charge >= 0.3 is 12.0 Å². The number of hydrogen-bond acceptors (Lipinski definition) is 2. The van der Waals surface area contributed by atoms with E-state index in [1.165, 1.54) is 16.5 Å². The zero-order valence-electron chi connectivity index (χ0n) is 13.4. The first-order valence-electron chi connectivity index (χ1n) is 8.45. The highest BCUT2D eigenvalue weighted by Crippen LogP contribution is 2.35. The minimum absolute atomic E-state index is 0.209. The van der Waals surface area contributed by atoms with Crippen molar-refractivity contribution in [3.63, 3.8) is 0 Å². The minimum atomic E-state index is -0.821. The highest BCUT2D eigenvalue weighted by molar-refractivity contribution is 6.04. The number of aryl methyl sites for hydroxylation is 2. The number of carbonyl (C=O) groups excluding carboxylic acids is 1. The lowest BCUT2D eigenvalue weighted by Gasteiger charge is -2.30. The van der Waals surface area contributed by atoms with Crippen LogP contribution in [0.25, 0.3) is 10.8 Å². The molecule has 0 aromatic heterocycles. The third-order valence-electron chi connectivity index (χ3n) is 5.18. The monoisotopic (exact) mass is 324 g/mol. The summed E-state index contributed by atoms with van der Waals surface area (Å²) < 4.78 is 0. The van der Waals surface area contributed by atoms with E-state index in [1.807, 2.05) is 18.2 Å². The Morgan fingerprint density at radius 3 is 2.71 bits per heavy atom. The first-order valence-corrected chi connectivity index (χ1v) is 8.45. The predicted molar refractivity (Wildman–Crippen MR) is 92.3 cm³/mol. The maximum atomic E-state index is 12.6. The zero-order chi connectivity index (χ0) is 16.7. The number of nitrogens with zero attached hydrogens (tertiary/aromatic N) is 1. The maximum Gasteiger partial charge on any atom is 0.321 e. The number of piperidine rings is 1. The van der Waals surface area contributed by atoms with Gasteiger partial charge in [-0.15, -0.1) is 0 Å². The second kappa shape index (κ2) is 5.82.